The quantitative estimate of drug-likeness (QED) is 0.837. The van der Waals surface area contributed by atoms with Crippen LogP contribution in [0.15, 0.2) is 23.4 Å². The SMILES string of the molecule is CC(C)(C)OC(=O)Nc1cccnc1S(N)(=O)=O. The number of nitrogens with two attached hydrogens (primary N) is 1. The van der Waals surface area contributed by atoms with E-state index in [1.807, 2.05) is 0 Å². The fourth-order valence-electron chi connectivity index (χ4n) is 1.13. The average molecular weight is 273 g/mol. The van der Waals surface area contributed by atoms with Crippen molar-refractivity contribution in [2.75, 3.05) is 5.32 Å². The van der Waals surface area contributed by atoms with Gasteiger partial charge in [0.2, 0.25) is 0 Å². The van der Waals surface area contributed by atoms with Crippen LogP contribution in [0.3, 0.4) is 0 Å². The number of ether oxygens (including phenoxy) is 1. The molecule has 8 heteroatoms. The van der Waals surface area contributed by atoms with Crippen LogP contribution in [0, 0.1) is 0 Å². The van der Waals surface area contributed by atoms with E-state index in [2.05, 4.69) is 10.3 Å². The molecule has 3 N–H and O–H groups in total. The maximum Gasteiger partial charge on any atom is 0.412 e. The predicted molar refractivity (Wildman–Crippen MR) is 65.5 cm³/mol. The number of anilines is 1. The average Bonchev–Trinajstić information content (AvgIpc) is 2.13. The second-order valence-electron chi connectivity index (χ2n) is 4.53. The third-order valence-electron chi connectivity index (χ3n) is 1.68. The Morgan fingerprint density at radius 2 is 2.06 bits per heavy atom. The van der Waals surface area contributed by atoms with Gasteiger partial charge < -0.3 is 4.74 Å². The Morgan fingerprint density at radius 3 is 2.56 bits per heavy atom. The summed E-state index contributed by atoms with van der Waals surface area (Å²) in [5.74, 6) is 0. The molecule has 0 unspecified atom stereocenters. The molecular weight excluding hydrogens is 258 g/mol. The highest BCUT2D eigenvalue weighted by molar-refractivity contribution is 7.89. The third kappa shape index (κ3) is 4.30. The first-order valence-electron chi connectivity index (χ1n) is 5.07. The molecule has 0 spiro atoms. The van der Waals surface area contributed by atoms with E-state index in [1.165, 1.54) is 18.3 Å². The van der Waals surface area contributed by atoms with E-state index < -0.39 is 26.7 Å². The van der Waals surface area contributed by atoms with Gasteiger partial charge >= 0.3 is 6.09 Å². The van der Waals surface area contributed by atoms with Crippen molar-refractivity contribution in [2.45, 2.75) is 31.4 Å². The van der Waals surface area contributed by atoms with Crippen molar-refractivity contribution in [3.05, 3.63) is 18.3 Å². The summed E-state index contributed by atoms with van der Waals surface area (Å²) in [6.45, 7) is 5.07. The van der Waals surface area contributed by atoms with Crippen LogP contribution >= 0.6 is 0 Å². The van der Waals surface area contributed by atoms with E-state index in [9.17, 15) is 13.2 Å². The Kier molecular flexibility index (Phi) is 3.92. The lowest BCUT2D eigenvalue weighted by Crippen LogP contribution is -2.28. The van der Waals surface area contributed by atoms with Crippen LogP contribution in [-0.2, 0) is 14.8 Å². The zero-order valence-electron chi connectivity index (χ0n) is 10.3. The summed E-state index contributed by atoms with van der Waals surface area (Å²) in [4.78, 5) is 15.1. The molecular formula is C10H15N3O4S. The van der Waals surface area contributed by atoms with Crippen LogP contribution in [0.5, 0.6) is 0 Å². The number of hydrogen-bond donors (Lipinski definition) is 2. The molecule has 0 radical (unpaired) electrons. The Balaban J connectivity index is 2.96. The minimum Gasteiger partial charge on any atom is -0.444 e. The number of carbonyl (C=O) groups excluding carboxylic acids is 1. The van der Waals surface area contributed by atoms with Gasteiger partial charge in [-0.2, -0.15) is 0 Å². The van der Waals surface area contributed by atoms with E-state index in [1.54, 1.807) is 20.8 Å². The molecule has 100 valence electrons. The molecule has 7 nitrogen and oxygen atoms in total. The molecule has 18 heavy (non-hydrogen) atoms. The van der Waals surface area contributed by atoms with Gasteiger partial charge in [0, 0.05) is 6.20 Å². The minimum absolute atomic E-state index is 0.0192. The number of aromatic nitrogens is 1. The number of amides is 1. The molecule has 0 fully saturated rings. The fourth-order valence-corrected chi connectivity index (χ4v) is 1.76. The number of rotatable bonds is 2. The van der Waals surface area contributed by atoms with Crippen LogP contribution in [0.2, 0.25) is 0 Å². The van der Waals surface area contributed by atoms with Gasteiger partial charge in [0.25, 0.3) is 10.0 Å². The molecule has 0 saturated carbocycles. The summed E-state index contributed by atoms with van der Waals surface area (Å²) in [5.41, 5.74) is -0.706. The van der Waals surface area contributed by atoms with Crippen LogP contribution in [-0.4, -0.2) is 25.1 Å². The summed E-state index contributed by atoms with van der Waals surface area (Å²) in [6.07, 6.45) is 0.486. The lowest BCUT2D eigenvalue weighted by atomic mass is 10.2. The van der Waals surface area contributed by atoms with Gasteiger partial charge in [-0.15, -0.1) is 0 Å². The van der Waals surface area contributed by atoms with Crippen LogP contribution in [0.25, 0.3) is 0 Å². The molecule has 0 aliphatic carbocycles. The first-order valence-corrected chi connectivity index (χ1v) is 6.62. The highest BCUT2D eigenvalue weighted by Gasteiger charge is 2.20. The molecule has 1 heterocycles. The van der Waals surface area contributed by atoms with E-state index in [0.717, 1.165) is 0 Å². The highest BCUT2D eigenvalue weighted by atomic mass is 32.2. The first-order chi connectivity index (χ1) is 8.09. The molecule has 0 saturated heterocycles. The van der Waals surface area contributed by atoms with Crippen molar-refractivity contribution in [1.29, 1.82) is 0 Å². The van der Waals surface area contributed by atoms with Gasteiger partial charge in [-0.1, -0.05) is 0 Å². The number of nitrogens with zero attached hydrogens (tertiary/aromatic N) is 1. The van der Waals surface area contributed by atoms with Crippen molar-refractivity contribution in [3.8, 4) is 0 Å². The minimum atomic E-state index is -4.00. The van der Waals surface area contributed by atoms with E-state index in [-0.39, 0.29) is 5.69 Å². The molecule has 0 atom stereocenters. The fraction of sp³-hybridized carbons (Fsp3) is 0.400. The second-order valence-corrected chi connectivity index (χ2v) is 6.00. The van der Waals surface area contributed by atoms with Crippen molar-refractivity contribution < 1.29 is 17.9 Å². The first kappa shape index (κ1) is 14.4. The number of hydrogen-bond acceptors (Lipinski definition) is 5. The lowest BCUT2D eigenvalue weighted by Gasteiger charge is -2.20. The largest absolute Gasteiger partial charge is 0.444 e. The Hall–Kier alpha value is -1.67. The molecule has 0 aromatic carbocycles. The van der Waals surface area contributed by atoms with Gasteiger partial charge in [0.15, 0.2) is 5.03 Å². The van der Waals surface area contributed by atoms with Gasteiger partial charge in [-0.25, -0.2) is 23.3 Å². The number of nitrogens with one attached hydrogen (secondary N) is 1. The predicted octanol–water partition coefficient (Wildman–Crippen LogP) is 1.08. The molecule has 1 rings (SSSR count). The number of primary sulfonamides is 1. The van der Waals surface area contributed by atoms with E-state index in [4.69, 9.17) is 9.88 Å². The Labute approximate surface area is 105 Å². The molecule has 0 aliphatic rings. The standard InChI is InChI=1S/C10H15N3O4S/c1-10(2,3)17-9(14)13-7-5-4-6-12-8(7)18(11,15)16/h4-6H,1-3H3,(H,13,14)(H2,11,15,16). The smallest absolute Gasteiger partial charge is 0.412 e. The third-order valence-corrected chi connectivity index (χ3v) is 2.54. The molecule has 0 aliphatic heterocycles. The summed E-state index contributed by atoms with van der Waals surface area (Å²) in [5, 5.41) is 6.86. The van der Waals surface area contributed by atoms with Gasteiger partial charge in [-0.05, 0) is 32.9 Å². The molecule has 1 aromatic heterocycles. The number of pyridine rings is 1. The monoisotopic (exact) mass is 273 g/mol. The van der Waals surface area contributed by atoms with E-state index >= 15 is 0 Å². The molecule has 1 aromatic rings. The van der Waals surface area contributed by atoms with Crippen LogP contribution < -0.4 is 10.5 Å². The zero-order valence-corrected chi connectivity index (χ0v) is 11.1. The normalized spacial score (nSPS) is 12.0. The molecule has 1 amide bonds. The van der Waals surface area contributed by atoms with E-state index in [0.29, 0.717) is 0 Å². The summed E-state index contributed by atoms with van der Waals surface area (Å²) < 4.78 is 27.5. The van der Waals surface area contributed by atoms with Crippen LogP contribution in [0.1, 0.15) is 20.8 Å². The van der Waals surface area contributed by atoms with Crippen molar-refractivity contribution in [3.63, 3.8) is 0 Å². The maximum atomic E-state index is 11.5. The van der Waals surface area contributed by atoms with Crippen molar-refractivity contribution in [1.82, 2.24) is 4.98 Å². The zero-order chi connectivity index (χ0) is 14.0. The topological polar surface area (TPSA) is 111 Å². The van der Waals surface area contributed by atoms with Crippen LogP contribution in [0.4, 0.5) is 10.5 Å². The Bertz CT molecular complexity index is 548. The highest BCUT2D eigenvalue weighted by Crippen LogP contribution is 2.17. The Morgan fingerprint density at radius 1 is 1.44 bits per heavy atom. The van der Waals surface area contributed by atoms with Gasteiger partial charge in [0.05, 0.1) is 5.69 Å². The van der Waals surface area contributed by atoms with Crippen molar-refractivity contribution in [2.24, 2.45) is 5.14 Å². The second kappa shape index (κ2) is 4.91. The van der Waals surface area contributed by atoms with Crippen molar-refractivity contribution >= 4 is 21.8 Å². The lowest BCUT2D eigenvalue weighted by molar-refractivity contribution is 0.0635. The van der Waals surface area contributed by atoms with Gasteiger partial charge in [0.1, 0.15) is 5.60 Å². The number of carbonyl (C=O) groups is 1. The summed E-state index contributed by atoms with van der Waals surface area (Å²) in [7, 11) is -4.00. The van der Waals surface area contributed by atoms with Gasteiger partial charge in [-0.3, -0.25) is 5.32 Å². The summed E-state index contributed by atoms with van der Waals surface area (Å²) in [6, 6.07) is 2.85. The molecule has 0 bridgehead atoms. The summed E-state index contributed by atoms with van der Waals surface area (Å²) >= 11 is 0. The number of sulfonamides is 1. The maximum absolute atomic E-state index is 11.5.